The Morgan fingerprint density at radius 2 is 1.76 bits per heavy atom. The molecule has 184 valence electrons. The van der Waals surface area contributed by atoms with E-state index in [0.29, 0.717) is 10.9 Å². The largest absolute Gasteiger partial charge is 0.295 e. The smallest absolute Gasteiger partial charge is 0.292 e. The summed E-state index contributed by atoms with van der Waals surface area (Å²) in [6.45, 7) is 6.60. The summed E-state index contributed by atoms with van der Waals surface area (Å²) in [5.74, 6) is 0.147. The van der Waals surface area contributed by atoms with Crippen LogP contribution in [0.3, 0.4) is 0 Å². The van der Waals surface area contributed by atoms with E-state index in [-0.39, 0.29) is 33.5 Å². The van der Waals surface area contributed by atoms with Crippen LogP contribution < -0.4 is 15.6 Å². The van der Waals surface area contributed by atoms with Gasteiger partial charge in [0.05, 0.1) is 15.5 Å². The van der Waals surface area contributed by atoms with Gasteiger partial charge >= 0.3 is 0 Å². The fourth-order valence-corrected chi connectivity index (χ4v) is 5.41. The molecular formula is C23H29ClN4O5S. The molecule has 1 aliphatic carbocycles. The van der Waals surface area contributed by atoms with Crippen LogP contribution in [0.15, 0.2) is 47.4 Å². The number of hydrazine groups is 1. The average molecular weight is 509 g/mol. The summed E-state index contributed by atoms with van der Waals surface area (Å²) in [6, 6.07) is 9.52. The number of nitrogens with zero attached hydrogens (tertiary/aromatic N) is 1. The Morgan fingerprint density at radius 1 is 1.09 bits per heavy atom. The number of anilines is 2. The molecule has 1 amide bonds. The highest BCUT2D eigenvalue weighted by atomic mass is 35.5. The Morgan fingerprint density at radius 3 is 2.35 bits per heavy atom. The van der Waals surface area contributed by atoms with Gasteiger partial charge in [-0.25, -0.2) is 8.42 Å². The van der Waals surface area contributed by atoms with Crippen LogP contribution in [-0.4, -0.2) is 19.2 Å². The Labute approximate surface area is 204 Å². The summed E-state index contributed by atoms with van der Waals surface area (Å²) in [4.78, 5) is 23.2. The number of hydrogen-bond donors (Lipinski definition) is 3. The summed E-state index contributed by atoms with van der Waals surface area (Å²) in [5.41, 5.74) is 5.08. The minimum absolute atomic E-state index is 0.0107. The molecule has 0 aromatic heterocycles. The highest BCUT2D eigenvalue weighted by Crippen LogP contribution is 2.40. The number of nitro groups is 1. The van der Waals surface area contributed by atoms with E-state index >= 15 is 0 Å². The quantitative estimate of drug-likeness (QED) is 0.341. The van der Waals surface area contributed by atoms with Crippen molar-refractivity contribution < 1.29 is 18.1 Å². The molecule has 9 nitrogen and oxygen atoms in total. The predicted octanol–water partition coefficient (Wildman–Crippen LogP) is 5.34. The van der Waals surface area contributed by atoms with E-state index in [0.717, 1.165) is 31.7 Å². The van der Waals surface area contributed by atoms with Crippen molar-refractivity contribution in [1.82, 2.24) is 5.43 Å². The molecule has 34 heavy (non-hydrogen) atoms. The van der Waals surface area contributed by atoms with Gasteiger partial charge in [-0.2, -0.15) is 0 Å². The third-order valence-corrected chi connectivity index (χ3v) is 7.81. The molecule has 0 radical (unpaired) electrons. The zero-order valence-electron chi connectivity index (χ0n) is 19.3. The molecule has 0 heterocycles. The molecule has 0 aliphatic heterocycles. The van der Waals surface area contributed by atoms with Gasteiger partial charge < -0.3 is 0 Å². The van der Waals surface area contributed by atoms with Crippen LogP contribution in [0.2, 0.25) is 5.02 Å². The summed E-state index contributed by atoms with van der Waals surface area (Å²) >= 11 is 5.88. The van der Waals surface area contributed by atoms with E-state index < -0.39 is 20.6 Å². The molecule has 2 aromatic rings. The molecule has 11 heteroatoms. The second-order valence-corrected chi connectivity index (χ2v) is 11.7. The van der Waals surface area contributed by atoms with Crippen LogP contribution in [0.5, 0.6) is 0 Å². The number of carbonyl (C=O) groups excluding carboxylic acids is 1. The van der Waals surface area contributed by atoms with Crippen LogP contribution in [0.4, 0.5) is 17.1 Å². The molecule has 1 saturated carbocycles. The molecule has 0 saturated heterocycles. The first kappa shape index (κ1) is 25.8. The Balaban J connectivity index is 1.69. The fraction of sp³-hybridized carbons (Fsp3) is 0.435. The van der Waals surface area contributed by atoms with E-state index in [4.69, 9.17) is 11.6 Å². The van der Waals surface area contributed by atoms with Gasteiger partial charge in [0.1, 0.15) is 5.69 Å². The molecule has 1 aliphatic rings. The third-order valence-electron chi connectivity index (χ3n) is 6.20. The summed E-state index contributed by atoms with van der Waals surface area (Å²) in [7, 11) is -4.10. The molecule has 3 rings (SSSR count). The number of nitro benzene ring substituents is 1. The highest BCUT2D eigenvalue weighted by molar-refractivity contribution is 7.92. The molecule has 0 spiro atoms. The normalized spacial score (nSPS) is 18.7. The number of carbonyl (C=O) groups is 1. The molecule has 0 bridgehead atoms. The number of amides is 1. The van der Waals surface area contributed by atoms with Crippen molar-refractivity contribution in [2.24, 2.45) is 17.3 Å². The maximum atomic E-state index is 12.7. The number of hydrogen-bond acceptors (Lipinski definition) is 6. The van der Waals surface area contributed by atoms with Gasteiger partial charge in [0, 0.05) is 17.0 Å². The molecule has 1 fully saturated rings. The van der Waals surface area contributed by atoms with E-state index in [1.807, 2.05) is 0 Å². The van der Waals surface area contributed by atoms with E-state index in [1.54, 1.807) is 12.1 Å². The Kier molecular flexibility index (Phi) is 7.72. The zero-order chi connectivity index (χ0) is 25.1. The van der Waals surface area contributed by atoms with Gasteiger partial charge in [0.2, 0.25) is 5.91 Å². The van der Waals surface area contributed by atoms with Gasteiger partial charge in [-0.15, -0.1) is 0 Å². The van der Waals surface area contributed by atoms with Crippen molar-refractivity contribution >= 4 is 44.6 Å². The molecule has 2 aromatic carbocycles. The first-order chi connectivity index (χ1) is 15.9. The van der Waals surface area contributed by atoms with Crippen molar-refractivity contribution in [2.45, 2.75) is 51.3 Å². The number of halogens is 1. The highest BCUT2D eigenvalue weighted by Gasteiger charge is 2.32. The van der Waals surface area contributed by atoms with Crippen molar-refractivity contribution in [3.63, 3.8) is 0 Å². The minimum atomic E-state index is -4.10. The van der Waals surface area contributed by atoms with Crippen molar-refractivity contribution in [1.29, 1.82) is 0 Å². The van der Waals surface area contributed by atoms with Crippen LogP contribution in [0.1, 0.15) is 46.5 Å². The topological polar surface area (TPSA) is 130 Å². The maximum Gasteiger partial charge on any atom is 0.295 e. The van der Waals surface area contributed by atoms with Crippen LogP contribution in [-0.2, 0) is 14.8 Å². The summed E-state index contributed by atoms with van der Waals surface area (Å²) < 4.78 is 27.7. The molecular weight excluding hydrogens is 480 g/mol. The monoisotopic (exact) mass is 508 g/mol. The summed E-state index contributed by atoms with van der Waals surface area (Å²) in [5, 5.41) is 11.9. The predicted molar refractivity (Wildman–Crippen MR) is 132 cm³/mol. The van der Waals surface area contributed by atoms with E-state index in [9.17, 15) is 23.3 Å². The lowest BCUT2D eigenvalue weighted by Gasteiger charge is -2.36. The molecule has 0 unspecified atom stereocenters. The zero-order valence-corrected chi connectivity index (χ0v) is 20.9. The van der Waals surface area contributed by atoms with Gasteiger partial charge in [-0.3, -0.25) is 30.5 Å². The lowest BCUT2D eigenvalue weighted by molar-refractivity contribution is -0.384. The van der Waals surface area contributed by atoms with Crippen molar-refractivity contribution in [3.05, 3.63) is 57.6 Å². The number of benzene rings is 2. The van der Waals surface area contributed by atoms with E-state index in [1.165, 1.54) is 24.3 Å². The van der Waals surface area contributed by atoms with Gasteiger partial charge in [0.25, 0.3) is 15.7 Å². The van der Waals surface area contributed by atoms with Crippen molar-refractivity contribution in [3.8, 4) is 0 Å². The van der Waals surface area contributed by atoms with Crippen LogP contribution in [0, 0.1) is 27.4 Å². The number of sulfonamides is 1. The van der Waals surface area contributed by atoms with E-state index in [2.05, 4.69) is 36.3 Å². The SMILES string of the molecule is CC(C)(C)C1CCC(C(=O)NNc2ccc(S(=O)(=O)Nc3cccc(Cl)c3)cc2[N+](=O)[O-])CC1. The second-order valence-electron chi connectivity index (χ2n) is 9.58. The first-order valence-electron chi connectivity index (χ1n) is 11.0. The summed E-state index contributed by atoms with van der Waals surface area (Å²) in [6.07, 6.45) is 3.41. The Hall–Kier alpha value is -2.85. The lowest BCUT2D eigenvalue weighted by atomic mass is 9.70. The van der Waals surface area contributed by atoms with Crippen LogP contribution >= 0.6 is 11.6 Å². The molecule has 3 N–H and O–H groups in total. The Bertz CT molecular complexity index is 1170. The lowest BCUT2D eigenvalue weighted by Crippen LogP contribution is -2.38. The molecule has 0 atom stereocenters. The average Bonchev–Trinajstić information content (AvgIpc) is 2.76. The second kappa shape index (κ2) is 10.2. The van der Waals surface area contributed by atoms with Crippen LogP contribution in [0.25, 0.3) is 0 Å². The standard InChI is InChI=1S/C23H29ClN4O5S/c1-23(2,3)16-9-7-15(8-10-16)22(29)26-25-20-12-11-19(14-21(20)28(30)31)34(32,33)27-18-6-4-5-17(24)13-18/h4-6,11-16,25,27H,7-10H2,1-3H3,(H,26,29). The third kappa shape index (κ3) is 6.38. The minimum Gasteiger partial charge on any atom is -0.292 e. The first-order valence-corrected chi connectivity index (χ1v) is 12.9. The van der Waals surface area contributed by atoms with Crippen molar-refractivity contribution in [2.75, 3.05) is 10.1 Å². The maximum absolute atomic E-state index is 12.7. The fourth-order valence-electron chi connectivity index (χ4n) is 4.15. The number of rotatable bonds is 7. The number of nitrogens with one attached hydrogen (secondary N) is 3. The van der Waals surface area contributed by atoms with Gasteiger partial charge in [-0.1, -0.05) is 38.4 Å². The van der Waals surface area contributed by atoms with Gasteiger partial charge in [0.15, 0.2) is 0 Å². The van der Waals surface area contributed by atoms with Gasteiger partial charge in [-0.05, 0) is 67.3 Å².